The number of fused-ring (bicyclic) bond motifs is 4. The molecule has 4 aliphatic carbocycles. The van der Waals surface area contributed by atoms with Crippen molar-refractivity contribution < 1.29 is 0 Å². The van der Waals surface area contributed by atoms with Crippen LogP contribution >= 0.6 is 0 Å². The first-order valence-corrected chi connectivity index (χ1v) is 29.5. The van der Waals surface area contributed by atoms with Crippen LogP contribution < -0.4 is 14.7 Å². The van der Waals surface area contributed by atoms with Gasteiger partial charge in [-0.3, -0.25) is 0 Å². The van der Waals surface area contributed by atoms with E-state index < -0.39 is 0 Å². The number of allylic oxidation sites excluding steroid dienone is 10. The number of nitrogens with zero attached hydrogens (tertiary/aromatic N) is 3. The summed E-state index contributed by atoms with van der Waals surface area (Å²) in [5.41, 5.74) is 29.3. The highest BCUT2D eigenvalue weighted by atomic mass is 15.2. The Labute approximate surface area is 491 Å². The Bertz CT molecular complexity index is 4100. The lowest BCUT2D eigenvalue weighted by Crippen LogP contribution is -2.20. The van der Waals surface area contributed by atoms with E-state index in [1.807, 2.05) is 6.08 Å². The van der Waals surface area contributed by atoms with Gasteiger partial charge in [-0.2, -0.15) is 0 Å². The molecular weight excluding hydrogens is 1000 g/mol. The van der Waals surface area contributed by atoms with Gasteiger partial charge in [0.25, 0.3) is 0 Å². The first kappa shape index (κ1) is 52.7. The predicted molar refractivity (Wildman–Crippen MR) is 353 cm³/mol. The number of hydrogen-bond acceptors (Lipinski definition) is 3. The lowest BCUT2D eigenvalue weighted by molar-refractivity contribution is 0.646. The van der Waals surface area contributed by atoms with E-state index in [4.69, 9.17) is 0 Å². The van der Waals surface area contributed by atoms with Crippen LogP contribution in [0.3, 0.4) is 0 Å². The maximum absolute atomic E-state index is 3.29. The van der Waals surface area contributed by atoms with Crippen molar-refractivity contribution >= 4 is 51.5 Å². The quantitative estimate of drug-likeness (QED) is 0.0794. The molecule has 0 spiro atoms. The predicted octanol–water partition coefficient (Wildman–Crippen LogP) is 22.0. The molecule has 0 unspecified atom stereocenters. The maximum atomic E-state index is 3.29. The van der Waals surface area contributed by atoms with Gasteiger partial charge in [-0.25, -0.2) is 0 Å². The van der Waals surface area contributed by atoms with Crippen molar-refractivity contribution in [1.82, 2.24) is 0 Å². The van der Waals surface area contributed by atoms with E-state index in [2.05, 4.69) is 328 Å². The first-order chi connectivity index (χ1) is 40.6. The third kappa shape index (κ3) is 10.2. The number of para-hydroxylation sites is 3. The van der Waals surface area contributed by atoms with Gasteiger partial charge >= 0.3 is 0 Å². The van der Waals surface area contributed by atoms with Gasteiger partial charge in [-0.15, -0.1) is 5.73 Å². The Balaban J connectivity index is 0.911. The summed E-state index contributed by atoms with van der Waals surface area (Å²) in [5, 5.41) is 0. The van der Waals surface area contributed by atoms with Crippen LogP contribution in [0.5, 0.6) is 0 Å². The van der Waals surface area contributed by atoms with Crippen molar-refractivity contribution in [2.24, 2.45) is 0 Å². The van der Waals surface area contributed by atoms with Gasteiger partial charge in [0, 0.05) is 62.0 Å². The molecule has 0 saturated heterocycles. The minimum absolute atomic E-state index is 0.215. The Morgan fingerprint density at radius 3 is 1.67 bits per heavy atom. The molecule has 0 radical (unpaired) electrons. The average Bonchev–Trinajstić information content (AvgIpc) is 2.27. The number of benzene rings is 9. The molecule has 0 fully saturated rings. The zero-order chi connectivity index (χ0) is 56.5. The fourth-order valence-corrected chi connectivity index (χ4v) is 12.9. The molecule has 83 heavy (non-hydrogen) atoms. The Kier molecular flexibility index (Phi) is 14.2. The highest BCUT2D eigenvalue weighted by Crippen LogP contribution is 2.55. The van der Waals surface area contributed by atoms with Crippen LogP contribution in [0.1, 0.15) is 88.1 Å². The molecule has 3 nitrogen and oxygen atoms in total. The smallest absolute Gasteiger partial charge is 0.0488 e. The second-order valence-corrected chi connectivity index (χ2v) is 23.3. The number of rotatable bonds is 14. The van der Waals surface area contributed by atoms with Gasteiger partial charge in [0.05, 0.1) is 0 Å². The standard InChI is InChI=1S/C80H69N3/c1-6-26-71(81(70-46-41-60(42-47-70)58-29-16-9-17-30-58)69-44-39-59(40-45-69)57-27-14-7-8-15-28-57)54-64-49-63-53-78-75(56-77(63)79(64,2)3)74-52-61(43-48-76(74)80(78,4)5)62-50-72(82(65-31-18-10-19-32-65)66-33-20-11-21-34-66)55-73(51-62)83(67-35-22-12-23-36-67)68-37-24-13-25-38-68/h6-7,9-12,15-24,26,28-56H,13-14,25,27H2,1-5H3/b26-6-,71-54+. The SMILES string of the molecule is C/C=C\C(=C/C1=Cc2cc3c(cc2C1(C)C)-c1cc(-c2cc(N(C4=CCCC=C4)c4ccccc4)cc(N(c4ccccc4)c4ccccc4)c2)ccc1C3(C)C)N(c1ccc(C2=CC=C=CCC2)cc1)c1ccc(-c2ccccc2)cc1. The van der Waals surface area contributed by atoms with Crippen LogP contribution in [0.2, 0.25) is 0 Å². The summed E-state index contributed by atoms with van der Waals surface area (Å²) in [4.78, 5) is 7.24. The molecule has 3 heteroatoms. The molecule has 0 saturated carbocycles. The highest BCUT2D eigenvalue weighted by molar-refractivity contribution is 5.91. The third-order valence-corrected chi connectivity index (χ3v) is 17.3. The van der Waals surface area contributed by atoms with Crippen LogP contribution in [0.4, 0.5) is 39.8 Å². The second kappa shape index (κ2) is 22.4. The van der Waals surface area contributed by atoms with Gasteiger partial charge in [0.15, 0.2) is 0 Å². The molecule has 4 aliphatic rings. The molecule has 0 N–H and O–H groups in total. The summed E-state index contributed by atoms with van der Waals surface area (Å²) in [5.74, 6) is 0. The third-order valence-electron chi connectivity index (χ3n) is 17.3. The van der Waals surface area contributed by atoms with Crippen molar-refractivity contribution in [3.05, 3.63) is 324 Å². The van der Waals surface area contributed by atoms with Crippen LogP contribution in [-0.4, -0.2) is 0 Å². The van der Waals surface area contributed by atoms with Crippen LogP contribution in [-0.2, 0) is 10.8 Å². The van der Waals surface area contributed by atoms with Crippen LogP contribution in [0, 0.1) is 0 Å². The fourth-order valence-electron chi connectivity index (χ4n) is 12.9. The van der Waals surface area contributed by atoms with E-state index in [9.17, 15) is 0 Å². The first-order valence-electron chi connectivity index (χ1n) is 29.5. The van der Waals surface area contributed by atoms with Gasteiger partial charge in [-0.05, 0) is 232 Å². The lowest BCUT2D eigenvalue weighted by Gasteiger charge is -2.31. The van der Waals surface area contributed by atoms with Crippen molar-refractivity contribution in [2.75, 3.05) is 14.7 Å². The molecular formula is C80H69N3. The van der Waals surface area contributed by atoms with E-state index in [0.717, 1.165) is 76.8 Å². The summed E-state index contributed by atoms with van der Waals surface area (Å²) in [6.45, 7) is 11.8. The molecule has 0 bridgehead atoms. The highest BCUT2D eigenvalue weighted by Gasteiger charge is 2.40. The molecule has 0 aliphatic heterocycles. The van der Waals surface area contributed by atoms with E-state index in [0.29, 0.717) is 0 Å². The Morgan fingerprint density at radius 1 is 0.470 bits per heavy atom. The van der Waals surface area contributed by atoms with Crippen molar-refractivity contribution in [3.63, 3.8) is 0 Å². The Morgan fingerprint density at radius 2 is 1.05 bits per heavy atom. The largest absolute Gasteiger partial charge is 0.311 e. The van der Waals surface area contributed by atoms with Gasteiger partial charge < -0.3 is 14.7 Å². The number of anilines is 7. The molecule has 0 amide bonds. The van der Waals surface area contributed by atoms with Gasteiger partial charge in [0.1, 0.15) is 0 Å². The van der Waals surface area contributed by atoms with Gasteiger partial charge in [0.2, 0.25) is 0 Å². The van der Waals surface area contributed by atoms with Crippen LogP contribution in [0.15, 0.2) is 296 Å². The summed E-state index contributed by atoms with van der Waals surface area (Å²) in [7, 11) is 0. The number of hydrogen-bond donors (Lipinski definition) is 0. The minimum atomic E-state index is -0.299. The monoisotopic (exact) mass is 1070 g/mol. The zero-order valence-electron chi connectivity index (χ0n) is 48.2. The summed E-state index contributed by atoms with van der Waals surface area (Å²) < 4.78 is 0. The second-order valence-electron chi connectivity index (χ2n) is 23.3. The molecule has 0 heterocycles. The van der Waals surface area contributed by atoms with Crippen molar-refractivity contribution in [2.45, 2.75) is 71.1 Å². The fraction of sp³-hybridized carbons (Fsp3) is 0.138. The molecule has 9 aromatic rings. The molecule has 9 aromatic carbocycles. The van der Waals surface area contributed by atoms with Crippen LogP contribution in [0.25, 0.3) is 45.0 Å². The van der Waals surface area contributed by atoms with E-state index in [1.165, 1.54) is 72.5 Å². The molecule has 404 valence electrons. The topological polar surface area (TPSA) is 9.72 Å². The summed E-state index contributed by atoms with van der Waals surface area (Å²) >= 11 is 0. The Hall–Kier alpha value is -9.66. The summed E-state index contributed by atoms with van der Waals surface area (Å²) in [6.07, 6.45) is 26.7. The van der Waals surface area contributed by atoms with Gasteiger partial charge in [-0.1, -0.05) is 179 Å². The summed E-state index contributed by atoms with van der Waals surface area (Å²) in [6, 6.07) is 80.6. The van der Waals surface area contributed by atoms with Crippen molar-refractivity contribution in [3.8, 4) is 33.4 Å². The lowest BCUT2D eigenvalue weighted by atomic mass is 9.78. The zero-order valence-corrected chi connectivity index (χ0v) is 48.2. The van der Waals surface area contributed by atoms with Crippen molar-refractivity contribution in [1.29, 1.82) is 0 Å². The molecule has 13 rings (SSSR count). The maximum Gasteiger partial charge on any atom is 0.0488 e. The average molecular weight is 1070 g/mol. The van der Waals surface area contributed by atoms with E-state index in [-0.39, 0.29) is 10.8 Å². The van der Waals surface area contributed by atoms with E-state index >= 15 is 0 Å². The van der Waals surface area contributed by atoms with E-state index in [1.54, 1.807) is 0 Å². The minimum Gasteiger partial charge on any atom is -0.311 e. The molecule has 0 atom stereocenters. The normalized spacial score (nSPS) is 15.4. The molecule has 0 aromatic heterocycles.